The van der Waals surface area contributed by atoms with Crippen molar-refractivity contribution in [3.8, 4) is 0 Å². The van der Waals surface area contributed by atoms with Crippen LogP contribution < -0.4 is 0 Å². The SMILES string of the molecule is O=S(OBr)OBr. The maximum atomic E-state index is 9.75. The summed E-state index contributed by atoms with van der Waals surface area (Å²) in [5, 5.41) is 0. The molecule has 0 aliphatic carbocycles. The van der Waals surface area contributed by atoms with E-state index in [9.17, 15) is 4.21 Å². The molecule has 0 heterocycles. The summed E-state index contributed by atoms with van der Waals surface area (Å²) < 4.78 is 17.6. The van der Waals surface area contributed by atoms with Gasteiger partial charge >= 0.3 is 11.4 Å². The predicted octanol–water partition coefficient (Wildman–Crippen LogP) is 1.22. The third-order valence-electron chi connectivity index (χ3n) is 0.103. The lowest BCUT2D eigenvalue weighted by Crippen LogP contribution is -1.81. The first-order valence-corrected chi connectivity index (χ1v) is 3.10. The van der Waals surface area contributed by atoms with Crippen LogP contribution in [0, 0.1) is 0 Å². The van der Waals surface area contributed by atoms with E-state index in [4.69, 9.17) is 0 Å². The molecule has 0 radical (unpaired) electrons. The van der Waals surface area contributed by atoms with Crippen molar-refractivity contribution in [3.63, 3.8) is 0 Å². The lowest BCUT2D eigenvalue weighted by Gasteiger charge is -1.80. The zero-order chi connectivity index (χ0) is 4.99. The number of halogens is 2. The maximum absolute atomic E-state index is 9.75. The first-order chi connectivity index (χ1) is 2.81. The van der Waals surface area contributed by atoms with Crippen molar-refractivity contribution in [1.82, 2.24) is 0 Å². The second-order valence-electron chi connectivity index (χ2n) is 0.330. The molecule has 0 aliphatic rings. The molecular weight excluding hydrogens is 240 g/mol. The summed E-state index contributed by atoms with van der Waals surface area (Å²) in [6.07, 6.45) is 0. The Balaban J connectivity index is 2.99. The van der Waals surface area contributed by atoms with E-state index in [-0.39, 0.29) is 0 Å². The van der Waals surface area contributed by atoms with Crippen LogP contribution in [0.2, 0.25) is 0 Å². The average molecular weight is 240 g/mol. The van der Waals surface area contributed by atoms with Gasteiger partial charge in [-0.15, -0.1) is 0 Å². The van der Waals surface area contributed by atoms with Gasteiger partial charge in [0, 0.05) is 0 Å². The lowest BCUT2D eigenvalue weighted by atomic mass is 15.8. The monoisotopic (exact) mass is 238 g/mol. The van der Waals surface area contributed by atoms with Crippen molar-refractivity contribution in [2.75, 3.05) is 0 Å². The summed E-state index contributed by atoms with van der Waals surface area (Å²) in [5.41, 5.74) is 0. The highest BCUT2D eigenvalue weighted by molar-refractivity contribution is 9.08. The van der Waals surface area contributed by atoms with Crippen LogP contribution in [0.5, 0.6) is 0 Å². The smallest absolute Gasteiger partial charge is 0.195 e. The van der Waals surface area contributed by atoms with Gasteiger partial charge in [0.15, 0.2) is 0 Å². The number of rotatable bonds is 2. The van der Waals surface area contributed by atoms with E-state index in [1.807, 2.05) is 0 Å². The van der Waals surface area contributed by atoms with Gasteiger partial charge in [0.2, 0.25) is 0 Å². The molecule has 0 aromatic carbocycles. The zero-order valence-electron chi connectivity index (χ0n) is 2.39. The molecule has 0 aliphatic heterocycles. The van der Waals surface area contributed by atoms with Gasteiger partial charge in [0.1, 0.15) is 32.5 Å². The fourth-order valence-electron chi connectivity index (χ4n) is 0.00972. The second kappa shape index (κ2) is 4.20. The van der Waals surface area contributed by atoms with E-state index in [0.29, 0.717) is 0 Å². The Bertz CT molecular complexity index is 46.8. The summed E-state index contributed by atoms with van der Waals surface area (Å²) in [4.78, 5) is 0. The van der Waals surface area contributed by atoms with Crippen LogP contribution in [0.4, 0.5) is 0 Å². The Morgan fingerprint density at radius 3 is 1.67 bits per heavy atom. The Hall–Kier alpha value is 1.03. The van der Waals surface area contributed by atoms with E-state index >= 15 is 0 Å². The standard InChI is InChI=1S/Br2O3S/c1-4-6(3)5-2. The third-order valence-corrected chi connectivity index (χ3v) is 1.60. The van der Waals surface area contributed by atoms with E-state index < -0.39 is 11.4 Å². The number of hydrogen-bond acceptors (Lipinski definition) is 3. The molecule has 0 N–H and O–H groups in total. The van der Waals surface area contributed by atoms with E-state index in [1.54, 1.807) is 0 Å². The molecule has 6 heavy (non-hydrogen) atoms. The van der Waals surface area contributed by atoms with Crippen LogP contribution in [0.3, 0.4) is 0 Å². The molecule has 0 unspecified atom stereocenters. The number of hydrogen-bond donors (Lipinski definition) is 0. The van der Waals surface area contributed by atoms with E-state index in [2.05, 4.69) is 39.1 Å². The van der Waals surface area contributed by atoms with Crippen molar-refractivity contribution in [1.29, 1.82) is 0 Å². The minimum absolute atomic E-state index is 1.70. The van der Waals surface area contributed by atoms with Crippen molar-refractivity contribution in [3.05, 3.63) is 0 Å². The van der Waals surface area contributed by atoms with Gasteiger partial charge in [-0.25, -0.2) is 0 Å². The molecule has 0 amide bonds. The topological polar surface area (TPSA) is 35.5 Å². The third kappa shape index (κ3) is 3.23. The van der Waals surface area contributed by atoms with Gasteiger partial charge in [-0.2, -0.15) is 10.8 Å². The average Bonchev–Trinajstić information content (AvgIpc) is 1.65. The molecule has 0 saturated heterocycles. The molecule has 0 spiro atoms. The summed E-state index contributed by atoms with van der Waals surface area (Å²) >= 11 is 3.14. The van der Waals surface area contributed by atoms with Gasteiger partial charge in [-0.1, -0.05) is 0 Å². The van der Waals surface area contributed by atoms with Crippen LogP contribution in [0.25, 0.3) is 0 Å². The molecule has 0 aromatic heterocycles. The van der Waals surface area contributed by atoms with Gasteiger partial charge in [0.25, 0.3) is 0 Å². The van der Waals surface area contributed by atoms with E-state index in [1.165, 1.54) is 0 Å². The molecule has 38 valence electrons. The minimum Gasteiger partial charge on any atom is -0.195 e. The molecule has 0 aromatic rings. The minimum atomic E-state index is -1.70. The second-order valence-corrected chi connectivity index (χ2v) is 2.58. The predicted molar refractivity (Wildman–Crippen MR) is 28.2 cm³/mol. The summed E-state index contributed by atoms with van der Waals surface area (Å²) in [7, 11) is 0. The van der Waals surface area contributed by atoms with Crippen molar-refractivity contribution >= 4 is 43.9 Å². The first-order valence-electron chi connectivity index (χ1n) is 0.809. The molecule has 0 bridgehead atoms. The Kier molecular flexibility index (Phi) is 4.92. The highest BCUT2D eigenvalue weighted by Crippen LogP contribution is 1.97. The highest BCUT2D eigenvalue weighted by atomic mass is 79.9. The highest BCUT2D eigenvalue weighted by Gasteiger charge is 1.89. The largest absolute Gasteiger partial charge is 0.328 e. The van der Waals surface area contributed by atoms with Crippen molar-refractivity contribution < 1.29 is 10.8 Å². The Morgan fingerprint density at radius 2 is 1.67 bits per heavy atom. The molecule has 0 rings (SSSR count). The lowest BCUT2D eigenvalue weighted by molar-refractivity contribution is 0.543. The van der Waals surface area contributed by atoms with Crippen LogP contribution in [-0.4, -0.2) is 4.21 Å². The van der Waals surface area contributed by atoms with Gasteiger partial charge < -0.3 is 0 Å². The van der Waals surface area contributed by atoms with Gasteiger partial charge in [0.05, 0.1) is 0 Å². The summed E-state index contributed by atoms with van der Waals surface area (Å²) in [6, 6.07) is 0. The van der Waals surface area contributed by atoms with Gasteiger partial charge in [-0.05, 0) is 0 Å². The molecule has 0 fully saturated rings. The molecule has 0 atom stereocenters. The van der Waals surface area contributed by atoms with Crippen LogP contribution in [-0.2, 0) is 17.9 Å². The fourth-order valence-corrected chi connectivity index (χ4v) is 0.787. The Labute approximate surface area is 54.8 Å². The van der Waals surface area contributed by atoms with Crippen molar-refractivity contribution in [2.45, 2.75) is 0 Å². The van der Waals surface area contributed by atoms with Crippen LogP contribution in [0.15, 0.2) is 0 Å². The summed E-state index contributed by atoms with van der Waals surface area (Å²) in [5.74, 6) is 0. The van der Waals surface area contributed by atoms with Crippen molar-refractivity contribution in [2.24, 2.45) is 0 Å². The quantitative estimate of drug-likeness (QED) is 0.727. The van der Waals surface area contributed by atoms with Crippen LogP contribution in [0.1, 0.15) is 0 Å². The molecule has 3 nitrogen and oxygen atoms in total. The Morgan fingerprint density at radius 1 is 1.33 bits per heavy atom. The molecule has 0 saturated carbocycles. The summed E-state index contributed by atoms with van der Waals surface area (Å²) in [6.45, 7) is 0. The normalized spacial score (nSPS) is 9.83. The maximum Gasteiger partial charge on any atom is 0.328 e. The zero-order valence-corrected chi connectivity index (χ0v) is 6.38. The molecule has 6 heteroatoms. The fraction of sp³-hybridized carbons (Fsp3) is 0. The van der Waals surface area contributed by atoms with Gasteiger partial charge in [-0.3, -0.25) is 0 Å². The van der Waals surface area contributed by atoms with E-state index in [0.717, 1.165) is 0 Å². The first kappa shape index (κ1) is 7.03. The van der Waals surface area contributed by atoms with Crippen LogP contribution >= 0.6 is 32.5 Å². The molecular formula is Br2O3S.